The minimum absolute atomic E-state index is 0.686. The van der Waals surface area contributed by atoms with Gasteiger partial charge in [-0.3, -0.25) is 0 Å². The lowest BCUT2D eigenvalue weighted by atomic mass is 9.86. The molecule has 0 bridgehead atoms. The molecule has 20 heavy (non-hydrogen) atoms. The lowest BCUT2D eigenvalue weighted by Crippen LogP contribution is -2.24. The van der Waals surface area contributed by atoms with Gasteiger partial charge in [0, 0.05) is 6.42 Å². The van der Waals surface area contributed by atoms with Gasteiger partial charge in [-0.2, -0.15) is 0 Å². The van der Waals surface area contributed by atoms with Crippen molar-refractivity contribution < 1.29 is 14.6 Å². The van der Waals surface area contributed by atoms with Crippen LogP contribution in [0.3, 0.4) is 0 Å². The van der Waals surface area contributed by atoms with Crippen LogP contribution in [-0.4, -0.2) is 18.3 Å². The minimum atomic E-state index is -0.699. The Morgan fingerprint density at radius 3 is 2.70 bits per heavy atom. The van der Waals surface area contributed by atoms with Crippen LogP contribution in [0.25, 0.3) is 0 Å². The van der Waals surface area contributed by atoms with Crippen LogP contribution in [0.2, 0.25) is 0 Å². The molecule has 1 heterocycles. The van der Waals surface area contributed by atoms with Crippen molar-refractivity contribution in [2.75, 3.05) is 13.2 Å². The molecule has 0 aromatic heterocycles. The van der Waals surface area contributed by atoms with Gasteiger partial charge in [0.2, 0.25) is 0 Å². The SMILES string of the molecule is CC1CCCC(O)(c2ccc3c(c2)OCCCO3)CC1. The van der Waals surface area contributed by atoms with E-state index >= 15 is 0 Å². The van der Waals surface area contributed by atoms with E-state index in [-0.39, 0.29) is 0 Å². The molecule has 1 fully saturated rings. The molecule has 3 rings (SSSR count). The third-order valence-corrected chi connectivity index (χ3v) is 4.62. The first kappa shape index (κ1) is 13.7. The summed E-state index contributed by atoms with van der Waals surface area (Å²) >= 11 is 0. The molecule has 0 amide bonds. The van der Waals surface area contributed by atoms with E-state index in [4.69, 9.17) is 9.47 Å². The molecule has 110 valence electrons. The third-order valence-electron chi connectivity index (χ3n) is 4.62. The lowest BCUT2D eigenvalue weighted by Gasteiger charge is -2.28. The Morgan fingerprint density at radius 2 is 1.85 bits per heavy atom. The first-order valence-corrected chi connectivity index (χ1v) is 7.80. The van der Waals surface area contributed by atoms with Gasteiger partial charge in [0.1, 0.15) is 0 Å². The molecule has 3 nitrogen and oxygen atoms in total. The maximum atomic E-state index is 11.0. The molecular weight excluding hydrogens is 252 g/mol. The fourth-order valence-electron chi connectivity index (χ4n) is 3.24. The van der Waals surface area contributed by atoms with Gasteiger partial charge < -0.3 is 14.6 Å². The van der Waals surface area contributed by atoms with Crippen molar-refractivity contribution >= 4 is 0 Å². The van der Waals surface area contributed by atoms with Gasteiger partial charge in [-0.25, -0.2) is 0 Å². The van der Waals surface area contributed by atoms with E-state index < -0.39 is 5.60 Å². The molecule has 1 aromatic carbocycles. The zero-order valence-corrected chi connectivity index (χ0v) is 12.2. The quantitative estimate of drug-likeness (QED) is 0.796. The van der Waals surface area contributed by atoms with Gasteiger partial charge in [0.05, 0.1) is 18.8 Å². The van der Waals surface area contributed by atoms with Crippen LogP contribution in [0.4, 0.5) is 0 Å². The Labute approximate surface area is 120 Å². The number of hydrogen-bond donors (Lipinski definition) is 1. The normalized spacial score (nSPS) is 30.4. The molecule has 1 aliphatic carbocycles. The molecule has 2 atom stereocenters. The first-order chi connectivity index (χ1) is 9.67. The van der Waals surface area contributed by atoms with Crippen molar-refractivity contribution in [3.8, 4) is 11.5 Å². The number of aliphatic hydroxyl groups is 1. The summed E-state index contributed by atoms with van der Waals surface area (Å²) in [7, 11) is 0. The van der Waals surface area contributed by atoms with Crippen LogP contribution < -0.4 is 9.47 Å². The zero-order chi connectivity index (χ0) is 14.0. The smallest absolute Gasteiger partial charge is 0.161 e. The van der Waals surface area contributed by atoms with E-state index in [1.54, 1.807) is 0 Å². The van der Waals surface area contributed by atoms with Crippen LogP contribution in [-0.2, 0) is 5.60 Å². The van der Waals surface area contributed by atoms with Crippen LogP contribution in [0.15, 0.2) is 18.2 Å². The van der Waals surface area contributed by atoms with E-state index in [1.807, 2.05) is 18.2 Å². The van der Waals surface area contributed by atoms with E-state index in [2.05, 4.69) is 6.92 Å². The van der Waals surface area contributed by atoms with Gasteiger partial charge in [0.15, 0.2) is 11.5 Å². The van der Waals surface area contributed by atoms with E-state index in [9.17, 15) is 5.11 Å². The Morgan fingerprint density at radius 1 is 1.05 bits per heavy atom. The molecule has 1 N–H and O–H groups in total. The van der Waals surface area contributed by atoms with Gasteiger partial charge in [-0.15, -0.1) is 0 Å². The third kappa shape index (κ3) is 2.78. The molecule has 3 heteroatoms. The number of ether oxygens (including phenoxy) is 2. The van der Waals surface area contributed by atoms with Gasteiger partial charge in [-0.1, -0.05) is 19.4 Å². The summed E-state index contributed by atoms with van der Waals surface area (Å²) in [4.78, 5) is 0. The Hall–Kier alpha value is -1.22. The van der Waals surface area contributed by atoms with Gasteiger partial charge in [0.25, 0.3) is 0 Å². The van der Waals surface area contributed by atoms with E-state index in [0.717, 1.165) is 49.2 Å². The van der Waals surface area contributed by atoms with Crippen LogP contribution in [0, 0.1) is 5.92 Å². The van der Waals surface area contributed by atoms with E-state index in [0.29, 0.717) is 19.1 Å². The summed E-state index contributed by atoms with van der Waals surface area (Å²) in [5.41, 5.74) is 0.283. The predicted octanol–water partition coefficient (Wildman–Crippen LogP) is 3.64. The van der Waals surface area contributed by atoms with Crippen LogP contribution in [0.1, 0.15) is 51.0 Å². The molecule has 0 radical (unpaired) electrons. The lowest BCUT2D eigenvalue weighted by molar-refractivity contribution is 0.0196. The van der Waals surface area contributed by atoms with Crippen molar-refractivity contribution in [2.24, 2.45) is 5.92 Å². The highest BCUT2D eigenvalue weighted by Crippen LogP contribution is 2.41. The Bertz CT molecular complexity index is 471. The first-order valence-electron chi connectivity index (χ1n) is 7.80. The summed E-state index contributed by atoms with van der Waals surface area (Å²) < 4.78 is 11.4. The largest absolute Gasteiger partial charge is 0.490 e. The minimum Gasteiger partial charge on any atom is -0.490 e. The van der Waals surface area contributed by atoms with Crippen molar-refractivity contribution in [1.82, 2.24) is 0 Å². The molecular formula is C17H24O3. The van der Waals surface area contributed by atoms with Crippen molar-refractivity contribution in [1.29, 1.82) is 0 Å². The molecule has 1 aromatic rings. The number of fused-ring (bicyclic) bond motifs is 1. The number of benzene rings is 1. The summed E-state index contributed by atoms with van der Waals surface area (Å²) in [6.45, 7) is 3.67. The standard InChI is InChI=1S/C17H24O3/c1-13-4-2-8-17(18,9-7-13)14-5-6-15-16(12-14)20-11-3-10-19-15/h5-6,12-13,18H,2-4,7-11H2,1H3. The second-order valence-corrected chi connectivity index (χ2v) is 6.28. The fourth-order valence-corrected chi connectivity index (χ4v) is 3.24. The molecule has 0 spiro atoms. The van der Waals surface area contributed by atoms with E-state index in [1.165, 1.54) is 6.42 Å². The molecule has 2 unspecified atom stereocenters. The Kier molecular flexibility index (Phi) is 3.88. The second kappa shape index (κ2) is 5.65. The molecule has 1 aliphatic heterocycles. The van der Waals surface area contributed by atoms with Crippen molar-refractivity contribution in [3.63, 3.8) is 0 Å². The molecule has 0 saturated heterocycles. The van der Waals surface area contributed by atoms with Crippen molar-refractivity contribution in [2.45, 2.75) is 51.0 Å². The average molecular weight is 276 g/mol. The predicted molar refractivity (Wildman–Crippen MR) is 78.2 cm³/mol. The van der Waals surface area contributed by atoms with Crippen LogP contribution >= 0.6 is 0 Å². The summed E-state index contributed by atoms with van der Waals surface area (Å²) in [5.74, 6) is 2.30. The second-order valence-electron chi connectivity index (χ2n) is 6.28. The monoisotopic (exact) mass is 276 g/mol. The van der Waals surface area contributed by atoms with Crippen molar-refractivity contribution in [3.05, 3.63) is 23.8 Å². The summed E-state index contributed by atoms with van der Waals surface area (Å²) in [6, 6.07) is 5.93. The van der Waals surface area contributed by atoms with Gasteiger partial charge >= 0.3 is 0 Å². The maximum absolute atomic E-state index is 11.0. The highest BCUT2D eigenvalue weighted by molar-refractivity contribution is 5.45. The highest BCUT2D eigenvalue weighted by atomic mass is 16.5. The zero-order valence-electron chi connectivity index (χ0n) is 12.2. The highest BCUT2D eigenvalue weighted by Gasteiger charge is 2.32. The average Bonchev–Trinajstić information content (AvgIpc) is 2.78. The van der Waals surface area contributed by atoms with Gasteiger partial charge in [-0.05, 0) is 49.3 Å². The summed E-state index contributed by atoms with van der Waals surface area (Å²) in [6.07, 6.45) is 5.99. The number of hydrogen-bond acceptors (Lipinski definition) is 3. The van der Waals surface area contributed by atoms with Crippen LogP contribution in [0.5, 0.6) is 11.5 Å². The summed E-state index contributed by atoms with van der Waals surface area (Å²) in [5, 5.41) is 11.0. The Balaban J connectivity index is 1.87. The molecule has 1 saturated carbocycles. The molecule has 2 aliphatic rings. The fraction of sp³-hybridized carbons (Fsp3) is 0.647. The number of rotatable bonds is 1. The maximum Gasteiger partial charge on any atom is 0.161 e. The topological polar surface area (TPSA) is 38.7 Å².